The van der Waals surface area contributed by atoms with Crippen LogP contribution in [0, 0.1) is 6.92 Å². The zero-order chi connectivity index (χ0) is 22.8. The number of benzene rings is 2. The van der Waals surface area contributed by atoms with Crippen LogP contribution in [-0.2, 0) is 11.3 Å². The third-order valence-electron chi connectivity index (χ3n) is 6.19. The molecule has 0 saturated carbocycles. The molecule has 0 N–H and O–H groups in total. The number of hydrogen-bond donors (Lipinski definition) is 0. The molecular formula is C27H26N4O2. The summed E-state index contributed by atoms with van der Waals surface area (Å²) < 4.78 is 1.99. The number of nitrogens with zero attached hydrogens (tertiary/aromatic N) is 4. The zero-order valence-corrected chi connectivity index (χ0v) is 18.6. The summed E-state index contributed by atoms with van der Waals surface area (Å²) in [6.45, 7) is 3.92. The summed E-state index contributed by atoms with van der Waals surface area (Å²) in [6.07, 6.45) is 4.25. The number of pyridine rings is 1. The van der Waals surface area contributed by atoms with Crippen molar-refractivity contribution in [3.8, 4) is 11.1 Å². The number of carbonyl (C=O) groups excluding carboxylic acids is 2. The fourth-order valence-electron chi connectivity index (χ4n) is 4.33. The van der Waals surface area contributed by atoms with Crippen molar-refractivity contribution in [2.45, 2.75) is 19.9 Å². The van der Waals surface area contributed by atoms with Gasteiger partial charge in [-0.1, -0.05) is 48.5 Å². The first-order chi connectivity index (χ1) is 16.1. The number of carbonyl (C=O) groups is 2. The molecule has 33 heavy (non-hydrogen) atoms. The smallest absolute Gasteiger partial charge is 0.253 e. The van der Waals surface area contributed by atoms with Gasteiger partial charge in [0.2, 0.25) is 5.91 Å². The van der Waals surface area contributed by atoms with E-state index in [0.717, 1.165) is 28.0 Å². The molecule has 3 heterocycles. The Balaban J connectivity index is 1.26. The lowest BCUT2D eigenvalue weighted by molar-refractivity contribution is -0.131. The molecule has 0 aliphatic carbocycles. The predicted octanol–water partition coefficient (Wildman–Crippen LogP) is 4.18. The normalized spacial score (nSPS) is 14.5. The van der Waals surface area contributed by atoms with E-state index in [1.165, 1.54) is 0 Å². The molecule has 1 saturated heterocycles. The summed E-state index contributed by atoms with van der Waals surface area (Å²) in [5, 5.41) is 0. The molecule has 6 nitrogen and oxygen atoms in total. The number of rotatable bonds is 4. The van der Waals surface area contributed by atoms with Crippen LogP contribution in [-0.4, -0.2) is 50.6 Å². The highest BCUT2D eigenvalue weighted by atomic mass is 16.2. The van der Waals surface area contributed by atoms with Crippen LogP contribution in [0.3, 0.4) is 0 Å². The first-order valence-electron chi connectivity index (χ1n) is 11.2. The maximum Gasteiger partial charge on any atom is 0.253 e. The van der Waals surface area contributed by atoms with E-state index in [0.29, 0.717) is 38.2 Å². The van der Waals surface area contributed by atoms with Crippen molar-refractivity contribution in [2.24, 2.45) is 0 Å². The number of aryl methyl sites for hydroxylation is 1. The Morgan fingerprint density at radius 2 is 1.67 bits per heavy atom. The van der Waals surface area contributed by atoms with Gasteiger partial charge in [-0.2, -0.15) is 0 Å². The second-order valence-electron chi connectivity index (χ2n) is 8.46. The van der Waals surface area contributed by atoms with Gasteiger partial charge in [-0.3, -0.25) is 9.59 Å². The SMILES string of the molecule is Cc1cccn2cc(CN3CCN(C(=O)c4ccc(-c5ccccc5)cc4)CCC3=O)nc12. The molecule has 0 unspecified atom stereocenters. The number of hydrogen-bond acceptors (Lipinski definition) is 3. The number of imidazole rings is 1. The van der Waals surface area contributed by atoms with Crippen LogP contribution in [0.2, 0.25) is 0 Å². The quantitative estimate of drug-likeness (QED) is 0.480. The van der Waals surface area contributed by atoms with E-state index in [1.807, 2.05) is 83.2 Å². The lowest BCUT2D eigenvalue weighted by atomic mass is 10.0. The fourth-order valence-corrected chi connectivity index (χ4v) is 4.33. The van der Waals surface area contributed by atoms with Crippen LogP contribution in [0.4, 0.5) is 0 Å². The van der Waals surface area contributed by atoms with Crippen LogP contribution in [0.1, 0.15) is 28.0 Å². The van der Waals surface area contributed by atoms with Crippen LogP contribution < -0.4 is 0 Å². The first kappa shape index (κ1) is 20.9. The number of fused-ring (bicyclic) bond motifs is 1. The van der Waals surface area contributed by atoms with Gasteiger partial charge in [-0.25, -0.2) is 4.98 Å². The predicted molar refractivity (Wildman–Crippen MR) is 128 cm³/mol. The topological polar surface area (TPSA) is 57.9 Å². The van der Waals surface area contributed by atoms with Gasteiger partial charge in [0, 0.05) is 44.0 Å². The maximum absolute atomic E-state index is 13.1. The molecule has 4 aromatic rings. The Bertz CT molecular complexity index is 1290. The molecule has 2 aromatic heterocycles. The summed E-state index contributed by atoms with van der Waals surface area (Å²) in [5.41, 5.74) is 5.70. The summed E-state index contributed by atoms with van der Waals surface area (Å²) in [7, 11) is 0. The molecule has 0 radical (unpaired) electrons. The Morgan fingerprint density at radius 1 is 0.909 bits per heavy atom. The average Bonchev–Trinajstić information content (AvgIpc) is 3.18. The molecule has 166 valence electrons. The highest BCUT2D eigenvalue weighted by Gasteiger charge is 2.25. The Labute approximate surface area is 193 Å². The summed E-state index contributed by atoms with van der Waals surface area (Å²) >= 11 is 0. The molecule has 5 rings (SSSR count). The molecule has 1 aliphatic rings. The standard InChI is InChI=1S/C27H26N4O2/c1-20-6-5-14-31-19-24(28-26(20)31)18-30-17-16-29(15-13-25(30)32)27(33)23-11-9-22(10-12-23)21-7-3-2-4-8-21/h2-12,14,19H,13,15-18H2,1H3. The lowest BCUT2D eigenvalue weighted by Crippen LogP contribution is -2.35. The van der Waals surface area contributed by atoms with E-state index in [1.54, 1.807) is 4.90 Å². The van der Waals surface area contributed by atoms with Gasteiger partial charge in [-0.15, -0.1) is 0 Å². The largest absolute Gasteiger partial charge is 0.336 e. The Hall–Kier alpha value is -3.93. The van der Waals surface area contributed by atoms with Gasteiger partial charge in [-0.05, 0) is 41.8 Å². The van der Waals surface area contributed by atoms with Crippen LogP contribution in [0.25, 0.3) is 16.8 Å². The average molecular weight is 439 g/mol. The van der Waals surface area contributed by atoms with Crippen LogP contribution >= 0.6 is 0 Å². The Morgan fingerprint density at radius 3 is 2.42 bits per heavy atom. The minimum absolute atomic E-state index is 0.0346. The number of amides is 2. The van der Waals surface area contributed by atoms with Crippen molar-refractivity contribution in [3.63, 3.8) is 0 Å². The molecular weight excluding hydrogens is 412 g/mol. The molecule has 0 bridgehead atoms. The van der Waals surface area contributed by atoms with Crippen LogP contribution in [0.5, 0.6) is 0 Å². The molecule has 6 heteroatoms. The van der Waals surface area contributed by atoms with Crippen molar-refractivity contribution in [3.05, 3.63) is 95.9 Å². The molecule has 0 spiro atoms. The summed E-state index contributed by atoms with van der Waals surface area (Å²) in [5.74, 6) is 0.0196. The molecule has 1 aliphatic heterocycles. The molecule has 2 aromatic carbocycles. The molecule has 1 fully saturated rings. The van der Waals surface area contributed by atoms with Crippen LogP contribution in [0.15, 0.2) is 79.1 Å². The van der Waals surface area contributed by atoms with E-state index in [2.05, 4.69) is 12.1 Å². The van der Waals surface area contributed by atoms with Gasteiger partial charge in [0.1, 0.15) is 5.65 Å². The maximum atomic E-state index is 13.1. The van der Waals surface area contributed by atoms with Crippen molar-refractivity contribution < 1.29 is 9.59 Å². The fraction of sp³-hybridized carbons (Fsp3) is 0.222. The minimum Gasteiger partial charge on any atom is -0.336 e. The van der Waals surface area contributed by atoms with Gasteiger partial charge in [0.25, 0.3) is 5.91 Å². The summed E-state index contributed by atoms with van der Waals surface area (Å²) in [4.78, 5) is 34.2. The second kappa shape index (κ2) is 8.90. The molecule has 0 atom stereocenters. The molecule has 2 amide bonds. The highest BCUT2D eigenvalue weighted by molar-refractivity contribution is 5.95. The monoisotopic (exact) mass is 438 g/mol. The van der Waals surface area contributed by atoms with Crippen molar-refractivity contribution in [2.75, 3.05) is 19.6 Å². The van der Waals surface area contributed by atoms with Gasteiger partial charge in [0.15, 0.2) is 0 Å². The summed E-state index contributed by atoms with van der Waals surface area (Å²) in [6, 6.07) is 21.8. The third kappa shape index (κ3) is 4.37. The van der Waals surface area contributed by atoms with E-state index in [9.17, 15) is 9.59 Å². The zero-order valence-electron chi connectivity index (χ0n) is 18.6. The lowest BCUT2D eigenvalue weighted by Gasteiger charge is -2.22. The third-order valence-corrected chi connectivity index (χ3v) is 6.19. The van der Waals surface area contributed by atoms with Crippen molar-refractivity contribution in [1.29, 1.82) is 0 Å². The minimum atomic E-state index is -0.0346. The Kier molecular flexibility index (Phi) is 5.65. The van der Waals surface area contributed by atoms with Gasteiger partial charge < -0.3 is 14.2 Å². The van der Waals surface area contributed by atoms with Gasteiger partial charge in [0.05, 0.1) is 12.2 Å². The van der Waals surface area contributed by atoms with Crippen molar-refractivity contribution >= 4 is 17.5 Å². The van der Waals surface area contributed by atoms with Gasteiger partial charge >= 0.3 is 0 Å². The van der Waals surface area contributed by atoms with E-state index >= 15 is 0 Å². The van der Waals surface area contributed by atoms with E-state index in [4.69, 9.17) is 4.98 Å². The highest BCUT2D eigenvalue weighted by Crippen LogP contribution is 2.20. The second-order valence-corrected chi connectivity index (χ2v) is 8.46. The number of aromatic nitrogens is 2. The van der Waals surface area contributed by atoms with E-state index < -0.39 is 0 Å². The first-order valence-corrected chi connectivity index (χ1v) is 11.2. The van der Waals surface area contributed by atoms with Crippen molar-refractivity contribution in [1.82, 2.24) is 19.2 Å². The van der Waals surface area contributed by atoms with E-state index in [-0.39, 0.29) is 11.8 Å².